The van der Waals surface area contributed by atoms with Crippen molar-refractivity contribution in [2.75, 3.05) is 12.5 Å². The average Bonchev–Trinajstić information content (AvgIpc) is 2.81. The van der Waals surface area contributed by atoms with Gasteiger partial charge in [-0.3, -0.25) is 5.43 Å². The molecule has 0 saturated heterocycles. The molecule has 0 amide bonds. The van der Waals surface area contributed by atoms with Crippen LogP contribution in [-0.4, -0.2) is 22.4 Å². The van der Waals surface area contributed by atoms with Gasteiger partial charge < -0.3 is 4.74 Å². The van der Waals surface area contributed by atoms with Crippen molar-refractivity contribution < 1.29 is 9.13 Å². The number of nitrogens with zero attached hydrogens (tertiary/aromatic N) is 3. The molecule has 0 saturated carbocycles. The minimum absolute atomic E-state index is 0.374. The van der Waals surface area contributed by atoms with Crippen molar-refractivity contribution in [1.82, 2.24) is 9.59 Å². The van der Waals surface area contributed by atoms with E-state index in [4.69, 9.17) is 4.74 Å². The van der Waals surface area contributed by atoms with Gasteiger partial charge in [0.2, 0.25) is 0 Å². The van der Waals surface area contributed by atoms with Gasteiger partial charge in [-0.05, 0) is 26.0 Å². The number of benzene rings is 1. The van der Waals surface area contributed by atoms with Crippen molar-refractivity contribution in [3.05, 3.63) is 35.3 Å². The first-order valence-electron chi connectivity index (χ1n) is 5.55. The van der Waals surface area contributed by atoms with Gasteiger partial charge in [0.05, 0.1) is 18.5 Å². The summed E-state index contributed by atoms with van der Waals surface area (Å²) in [5.74, 6) is 0.103. The average molecular weight is 280 g/mol. The smallest absolute Gasteiger partial charge is 0.153 e. The second-order valence-corrected chi connectivity index (χ2v) is 4.60. The maximum atomic E-state index is 13.8. The summed E-state index contributed by atoms with van der Waals surface area (Å²) in [6.07, 6.45) is 0. The van der Waals surface area contributed by atoms with Crippen LogP contribution in [0.3, 0.4) is 0 Å². The lowest BCUT2D eigenvalue weighted by atomic mass is 10.1. The number of hydrazone groups is 1. The predicted octanol–water partition coefficient (Wildman–Crippen LogP) is 2.83. The predicted molar refractivity (Wildman–Crippen MR) is 73.4 cm³/mol. The zero-order valence-electron chi connectivity index (χ0n) is 10.8. The Kier molecular flexibility index (Phi) is 4.06. The van der Waals surface area contributed by atoms with Crippen molar-refractivity contribution >= 4 is 22.2 Å². The minimum Gasteiger partial charge on any atom is -0.497 e. The van der Waals surface area contributed by atoms with Crippen LogP contribution < -0.4 is 10.2 Å². The highest BCUT2D eigenvalue weighted by molar-refractivity contribution is 7.10. The fourth-order valence-electron chi connectivity index (χ4n) is 1.45. The second-order valence-electron chi connectivity index (χ2n) is 3.84. The molecule has 1 N–H and O–H groups in total. The van der Waals surface area contributed by atoms with E-state index in [1.165, 1.54) is 24.7 Å². The van der Waals surface area contributed by atoms with Gasteiger partial charge in [-0.15, -0.1) is 5.10 Å². The maximum Gasteiger partial charge on any atom is 0.153 e. The SMILES string of the molecule is COc1ccc(/C(C)=N\Nc2snnc2C)c(F)c1. The summed E-state index contributed by atoms with van der Waals surface area (Å²) in [6, 6.07) is 4.65. The fraction of sp³-hybridized carbons (Fsp3) is 0.250. The maximum absolute atomic E-state index is 13.8. The number of rotatable bonds is 4. The van der Waals surface area contributed by atoms with E-state index in [1.807, 2.05) is 6.92 Å². The molecule has 5 nitrogen and oxygen atoms in total. The molecule has 0 spiro atoms. The van der Waals surface area contributed by atoms with Gasteiger partial charge in [0.15, 0.2) is 5.00 Å². The molecule has 0 aliphatic carbocycles. The Morgan fingerprint density at radius 3 is 2.84 bits per heavy atom. The molecule has 0 unspecified atom stereocenters. The van der Waals surface area contributed by atoms with E-state index < -0.39 is 0 Å². The summed E-state index contributed by atoms with van der Waals surface area (Å²) in [6.45, 7) is 3.55. The van der Waals surface area contributed by atoms with Crippen LogP contribution in [0.4, 0.5) is 9.39 Å². The number of ether oxygens (including phenoxy) is 1. The molecule has 2 rings (SSSR count). The first kappa shape index (κ1) is 13.4. The quantitative estimate of drug-likeness (QED) is 0.691. The lowest BCUT2D eigenvalue weighted by molar-refractivity contribution is 0.411. The van der Waals surface area contributed by atoms with Crippen LogP contribution in [-0.2, 0) is 0 Å². The summed E-state index contributed by atoms with van der Waals surface area (Å²) >= 11 is 1.20. The minimum atomic E-state index is -0.374. The second kappa shape index (κ2) is 5.75. The monoisotopic (exact) mass is 280 g/mol. The van der Waals surface area contributed by atoms with Gasteiger partial charge in [0.1, 0.15) is 11.6 Å². The summed E-state index contributed by atoms with van der Waals surface area (Å²) < 4.78 is 22.6. The summed E-state index contributed by atoms with van der Waals surface area (Å²) in [5, 5.41) is 8.73. The van der Waals surface area contributed by atoms with Crippen LogP contribution in [0.5, 0.6) is 5.75 Å². The number of methoxy groups -OCH3 is 1. The van der Waals surface area contributed by atoms with Gasteiger partial charge in [-0.25, -0.2) is 4.39 Å². The first-order valence-corrected chi connectivity index (χ1v) is 6.32. The number of hydrogen-bond donors (Lipinski definition) is 1. The molecule has 0 fully saturated rings. The molecule has 7 heteroatoms. The fourth-order valence-corrected chi connectivity index (χ4v) is 1.95. The highest BCUT2D eigenvalue weighted by Crippen LogP contribution is 2.19. The van der Waals surface area contributed by atoms with E-state index >= 15 is 0 Å². The van der Waals surface area contributed by atoms with Crippen LogP contribution in [0.15, 0.2) is 23.3 Å². The van der Waals surface area contributed by atoms with E-state index in [1.54, 1.807) is 19.1 Å². The molecule has 1 aromatic heterocycles. The summed E-state index contributed by atoms with van der Waals surface area (Å²) in [5.41, 5.74) is 4.55. The van der Waals surface area contributed by atoms with E-state index in [2.05, 4.69) is 20.1 Å². The largest absolute Gasteiger partial charge is 0.497 e. The Hall–Kier alpha value is -2.02. The Bertz CT molecular complexity index is 612. The third kappa shape index (κ3) is 3.05. The van der Waals surface area contributed by atoms with Crippen LogP contribution in [0.1, 0.15) is 18.2 Å². The molecule has 100 valence electrons. The van der Waals surface area contributed by atoms with Gasteiger partial charge in [-0.2, -0.15) is 5.10 Å². The zero-order valence-corrected chi connectivity index (χ0v) is 11.6. The van der Waals surface area contributed by atoms with Crippen molar-refractivity contribution in [2.45, 2.75) is 13.8 Å². The highest BCUT2D eigenvalue weighted by Gasteiger charge is 2.08. The van der Waals surface area contributed by atoms with E-state index in [-0.39, 0.29) is 5.82 Å². The van der Waals surface area contributed by atoms with Crippen molar-refractivity contribution in [2.24, 2.45) is 5.10 Å². The number of halogens is 1. The molecule has 1 heterocycles. The standard InChI is InChI=1S/C12H13FN4OS/c1-7(14-16-12-8(2)15-17-19-12)10-5-4-9(18-3)6-11(10)13/h4-6,16H,1-3H3/b14-7-. The van der Waals surface area contributed by atoms with E-state index in [0.717, 1.165) is 10.7 Å². The lowest BCUT2D eigenvalue weighted by Crippen LogP contribution is -2.03. The lowest BCUT2D eigenvalue weighted by Gasteiger charge is -2.05. The molecule has 19 heavy (non-hydrogen) atoms. The number of nitrogens with one attached hydrogen (secondary N) is 1. The van der Waals surface area contributed by atoms with Crippen molar-refractivity contribution in [1.29, 1.82) is 0 Å². The van der Waals surface area contributed by atoms with Crippen LogP contribution in [0.25, 0.3) is 0 Å². The molecule has 1 aromatic carbocycles. The summed E-state index contributed by atoms with van der Waals surface area (Å²) in [4.78, 5) is 0. The number of hydrogen-bond acceptors (Lipinski definition) is 6. The molecule has 0 aliphatic rings. The van der Waals surface area contributed by atoms with E-state index in [0.29, 0.717) is 17.0 Å². The van der Waals surface area contributed by atoms with Gasteiger partial charge in [0, 0.05) is 23.2 Å². The van der Waals surface area contributed by atoms with Crippen molar-refractivity contribution in [3.8, 4) is 5.75 Å². The van der Waals surface area contributed by atoms with Gasteiger partial charge in [0.25, 0.3) is 0 Å². The topological polar surface area (TPSA) is 59.4 Å². The Labute approximate surface area is 114 Å². The third-order valence-corrected chi connectivity index (χ3v) is 3.28. The van der Waals surface area contributed by atoms with Crippen LogP contribution in [0, 0.1) is 12.7 Å². The van der Waals surface area contributed by atoms with Crippen LogP contribution >= 0.6 is 11.5 Å². The molecular weight excluding hydrogens is 267 g/mol. The van der Waals surface area contributed by atoms with Crippen LogP contribution in [0.2, 0.25) is 0 Å². The highest BCUT2D eigenvalue weighted by atomic mass is 32.1. The number of anilines is 1. The zero-order chi connectivity index (χ0) is 13.8. The first-order chi connectivity index (χ1) is 9.11. The molecule has 2 aromatic rings. The molecule has 0 radical (unpaired) electrons. The molecular formula is C12H13FN4OS. The Balaban J connectivity index is 2.19. The number of aromatic nitrogens is 2. The van der Waals surface area contributed by atoms with Gasteiger partial charge >= 0.3 is 0 Å². The third-order valence-electron chi connectivity index (χ3n) is 2.54. The molecule has 0 aliphatic heterocycles. The molecule has 0 bridgehead atoms. The molecule has 0 atom stereocenters. The van der Waals surface area contributed by atoms with E-state index in [9.17, 15) is 4.39 Å². The Morgan fingerprint density at radius 1 is 1.47 bits per heavy atom. The number of aryl methyl sites for hydroxylation is 1. The summed E-state index contributed by atoms with van der Waals surface area (Å²) in [7, 11) is 1.50. The Morgan fingerprint density at radius 2 is 2.26 bits per heavy atom. The van der Waals surface area contributed by atoms with Gasteiger partial charge in [-0.1, -0.05) is 4.49 Å². The van der Waals surface area contributed by atoms with Crippen molar-refractivity contribution in [3.63, 3.8) is 0 Å². The normalized spacial score (nSPS) is 11.5.